The van der Waals surface area contributed by atoms with Crippen LogP contribution in [0.3, 0.4) is 0 Å². The third-order valence-electron chi connectivity index (χ3n) is 3.14. The number of nitrogens with zero attached hydrogens (tertiary/aromatic N) is 1. The molecule has 0 fully saturated rings. The summed E-state index contributed by atoms with van der Waals surface area (Å²) in [7, 11) is 0. The van der Waals surface area contributed by atoms with Gasteiger partial charge in [-0.2, -0.15) is 0 Å². The summed E-state index contributed by atoms with van der Waals surface area (Å²) < 4.78 is 6.97. The number of carbonyl (C=O) groups excluding carboxylic acids is 1. The normalized spacial score (nSPS) is 11.4. The minimum absolute atomic E-state index is 0.351. The molecule has 0 saturated carbocycles. The van der Waals surface area contributed by atoms with Gasteiger partial charge >= 0.3 is 6.09 Å². The average molecular weight is 271 g/mol. The molecule has 0 radical (unpaired) electrons. The lowest BCUT2D eigenvalue weighted by Gasteiger charge is -2.20. The Bertz CT molecular complexity index is 633. The predicted molar refractivity (Wildman–Crippen MR) is 81.0 cm³/mol. The lowest BCUT2D eigenvalue weighted by atomic mass is 10.0. The SMILES string of the molecule is Cc1ccc(-c2cccn2C(=O)OC(C)(C)C)cc1C. The second-order valence-electron chi connectivity index (χ2n) is 6.04. The van der Waals surface area contributed by atoms with Crippen molar-refractivity contribution < 1.29 is 9.53 Å². The van der Waals surface area contributed by atoms with Crippen molar-refractivity contribution in [2.45, 2.75) is 40.2 Å². The van der Waals surface area contributed by atoms with E-state index in [0.717, 1.165) is 11.3 Å². The first-order valence-electron chi connectivity index (χ1n) is 6.76. The molecule has 1 aromatic heterocycles. The Labute approximate surface area is 120 Å². The molecule has 3 heteroatoms. The summed E-state index contributed by atoms with van der Waals surface area (Å²) >= 11 is 0. The maximum Gasteiger partial charge on any atom is 0.418 e. The highest BCUT2D eigenvalue weighted by molar-refractivity contribution is 5.79. The fourth-order valence-electron chi connectivity index (χ4n) is 1.99. The van der Waals surface area contributed by atoms with Crippen LogP contribution in [0.2, 0.25) is 0 Å². The van der Waals surface area contributed by atoms with E-state index in [-0.39, 0.29) is 6.09 Å². The average Bonchev–Trinajstić information content (AvgIpc) is 2.79. The van der Waals surface area contributed by atoms with E-state index in [1.807, 2.05) is 39.0 Å². The van der Waals surface area contributed by atoms with E-state index in [4.69, 9.17) is 4.74 Å². The quantitative estimate of drug-likeness (QED) is 0.761. The highest BCUT2D eigenvalue weighted by atomic mass is 16.6. The summed E-state index contributed by atoms with van der Waals surface area (Å²) in [5.74, 6) is 0. The summed E-state index contributed by atoms with van der Waals surface area (Å²) in [4.78, 5) is 12.2. The second-order valence-corrected chi connectivity index (χ2v) is 6.04. The predicted octanol–water partition coefficient (Wildman–Crippen LogP) is 4.56. The van der Waals surface area contributed by atoms with Crippen LogP contribution in [0.4, 0.5) is 4.79 Å². The van der Waals surface area contributed by atoms with Crippen LogP contribution >= 0.6 is 0 Å². The third kappa shape index (κ3) is 3.10. The monoisotopic (exact) mass is 271 g/mol. The zero-order valence-corrected chi connectivity index (χ0v) is 12.7. The number of carbonyl (C=O) groups is 1. The minimum Gasteiger partial charge on any atom is -0.443 e. The van der Waals surface area contributed by atoms with Gasteiger partial charge in [-0.05, 0) is 69.5 Å². The molecule has 0 spiro atoms. The molecule has 0 atom stereocenters. The number of aromatic nitrogens is 1. The van der Waals surface area contributed by atoms with Crippen molar-refractivity contribution >= 4 is 6.09 Å². The number of hydrogen-bond donors (Lipinski definition) is 0. The molecule has 0 N–H and O–H groups in total. The summed E-state index contributed by atoms with van der Waals surface area (Å²) in [6.45, 7) is 9.74. The van der Waals surface area contributed by atoms with E-state index in [0.29, 0.717) is 0 Å². The van der Waals surface area contributed by atoms with Gasteiger partial charge in [0, 0.05) is 6.20 Å². The molecule has 2 aromatic rings. The van der Waals surface area contributed by atoms with Gasteiger partial charge in [0.05, 0.1) is 5.69 Å². The number of ether oxygens (including phenoxy) is 1. The lowest BCUT2D eigenvalue weighted by Crippen LogP contribution is -2.27. The van der Waals surface area contributed by atoms with Crippen LogP contribution in [0.1, 0.15) is 31.9 Å². The first kappa shape index (κ1) is 14.4. The summed E-state index contributed by atoms with van der Waals surface area (Å²) in [5.41, 5.74) is 3.82. The van der Waals surface area contributed by atoms with E-state index in [2.05, 4.69) is 26.0 Å². The molecular formula is C17H21NO2. The molecule has 1 heterocycles. The van der Waals surface area contributed by atoms with Gasteiger partial charge in [0.25, 0.3) is 0 Å². The first-order valence-corrected chi connectivity index (χ1v) is 6.76. The van der Waals surface area contributed by atoms with Crippen molar-refractivity contribution in [2.75, 3.05) is 0 Å². The largest absolute Gasteiger partial charge is 0.443 e. The van der Waals surface area contributed by atoms with E-state index in [1.165, 1.54) is 11.1 Å². The Morgan fingerprint density at radius 3 is 2.40 bits per heavy atom. The Morgan fingerprint density at radius 1 is 1.10 bits per heavy atom. The number of aryl methyl sites for hydroxylation is 2. The van der Waals surface area contributed by atoms with Crippen LogP contribution in [-0.2, 0) is 4.74 Å². The molecule has 106 valence electrons. The van der Waals surface area contributed by atoms with E-state index in [1.54, 1.807) is 10.8 Å². The smallest absolute Gasteiger partial charge is 0.418 e. The van der Waals surface area contributed by atoms with Crippen LogP contribution in [-0.4, -0.2) is 16.3 Å². The van der Waals surface area contributed by atoms with Crippen LogP contribution in [0.15, 0.2) is 36.5 Å². The Hall–Kier alpha value is -2.03. The summed E-state index contributed by atoms with van der Waals surface area (Å²) in [5, 5.41) is 0. The lowest BCUT2D eigenvalue weighted by molar-refractivity contribution is 0.0540. The van der Waals surface area contributed by atoms with Crippen LogP contribution in [0, 0.1) is 13.8 Å². The number of benzene rings is 1. The molecule has 0 aliphatic heterocycles. The fraction of sp³-hybridized carbons (Fsp3) is 0.353. The van der Waals surface area contributed by atoms with Crippen LogP contribution < -0.4 is 0 Å². The maximum atomic E-state index is 12.2. The summed E-state index contributed by atoms with van der Waals surface area (Å²) in [6.07, 6.45) is 1.38. The van der Waals surface area contributed by atoms with E-state index in [9.17, 15) is 4.79 Å². The Morgan fingerprint density at radius 2 is 1.80 bits per heavy atom. The van der Waals surface area contributed by atoms with Crippen molar-refractivity contribution in [2.24, 2.45) is 0 Å². The maximum absolute atomic E-state index is 12.2. The topological polar surface area (TPSA) is 31.2 Å². The molecule has 0 aliphatic carbocycles. The Balaban J connectivity index is 2.37. The van der Waals surface area contributed by atoms with Crippen molar-refractivity contribution in [3.8, 4) is 11.3 Å². The second kappa shape index (κ2) is 5.16. The highest BCUT2D eigenvalue weighted by Crippen LogP contribution is 2.23. The van der Waals surface area contributed by atoms with Gasteiger partial charge in [-0.15, -0.1) is 0 Å². The molecule has 2 rings (SSSR count). The standard InChI is InChI=1S/C17H21NO2/c1-12-8-9-14(11-13(12)2)15-7-6-10-18(15)16(19)20-17(3,4)5/h6-11H,1-5H3. The molecule has 1 aromatic carbocycles. The zero-order chi connectivity index (χ0) is 14.9. The Kier molecular flexibility index (Phi) is 3.71. The van der Waals surface area contributed by atoms with Gasteiger partial charge < -0.3 is 4.74 Å². The van der Waals surface area contributed by atoms with Gasteiger partial charge in [-0.1, -0.05) is 12.1 Å². The van der Waals surface area contributed by atoms with Gasteiger partial charge in [0.15, 0.2) is 0 Å². The third-order valence-corrected chi connectivity index (χ3v) is 3.14. The van der Waals surface area contributed by atoms with Crippen molar-refractivity contribution in [1.29, 1.82) is 0 Å². The van der Waals surface area contributed by atoms with Crippen molar-refractivity contribution in [3.63, 3.8) is 0 Å². The molecule has 0 unspecified atom stereocenters. The molecule has 3 nitrogen and oxygen atoms in total. The molecule has 20 heavy (non-hydrogen) atoms. The molecule has 0 amide bonds. The summed E-state index contributed by atoms with van der Waals surface area (Å²) in [6, 6.07) is 9.96. The molecular weight excluding hydrogens is 250 g/mol. The van der Waals surface area contributed by atoms with Crippen molar-refractivity contribution in [3.05, 3.63) is 47.7 Å². The van der Waals surface area contributed by atoms with Gasteiger partial charge in [-0.25, -0.2) is 4.79 Å². The van der Waals surface area contributed by atoms with Gasteiger partial charge in [0.1, 0.15) is 5.60 Å². The first-order chi connectivity index (χ1) is 9.28. The van der Waals surface area contributed by atoms with Crippen LogP contribution in [0.25, 0.3) is 11.3 Å². The van der Waals surface area contributed by atoms with Crippen LogP contribution in [0.5, 0.6) is 0 Å². The van der Waals surface area contributed by atoms with Gasteiger partial charge in [0.2, 0.25) is 0 Å². The number of rotatable bonds is 1. The van der Waals surface area contributed by atoms with Gasteiger partial charge in [-0.3, -0.25) is 4.57 Å². The van der Waals surface area contributed by atoms with E-state index < -0.39 is 5.60 Å². The minimum atomic E-state index is -0.498. The molecule has 0 aliphatic rings. The number of hydrogen-bond acceptors (Lipinski definition) is 2. The molecule has 0 saturated heterocycles. The fourth-order valence-corrected chi connectivity index (χ4v) is 1.99. The van der Waals surface area contributed by atoms with E-state index >= 15 is 0 Å². The molecule has 0 bridgehead atoms. The van der Waals surface area contributed by atoms with Crippen molar-refractivity contribution in [1.82, 2.24) is 4.57 Å². The zero-order valence-electron chi connectivity index (χ0n) is 12.7. The highest BCUT2D eigenvalue weighted by Gasteiger charge is 2.19.